The Kier molecular flexibility index (Phi) is 2.38. The van der Waals surface area contributed by atoms with Crippen LogP contribution in [0.1, 0.15) is 11.3 Å². The van der Waals surface area contributed by atoms with Crippen molar-refractivity contribution in [2.45, 2.75) is 13.8 Å². The summed E-state index contributed by atoms with van der Waals surface area (Å²) in [6, 6.07) is 5.68. The van der Waals surface area contributed by atoms with E-state index in [4.69, 9.17) is 23.2 Å². The number of hydrogen-bond acceptors (Lipinski definition) is 1. The molecule has 0 saturated heterocycles. The molecule has 0 aliphatic heterocycles. The van der Waals surface area contributed by atoms with Gasteiger partial charge in [-0.3, -0.25) is 4.98 Å². The Morgan fingerprint density at radius 1 is 1.00 bits per heavy atom. The second kappa shape index (κ2) is 3.41. The maximum absolute atomic E-state index is 6.10. The molecule has 0 aliphatic carbocycles. The molecule has 0 amide bonds. The second-order valence-corrected chi connectivity index (χ2v) is 4.18. The van der Waals surface area contributed by atoms with Crippen molar-refractivity contribution in [2.75, 3.05) is 0 Å². The molecule has 2 aromatic rings. The van der Waals surface area contributed by atoms with Crippen LogP contribution in [-0.4, -0.2) is 4.98 Å². The van der Waals surface area contributed by atoms with Crippen LogP contribution in [-0.2, 0) is 0 Å². The molecule has 1 heterocycles. The fraction of sp³-hybridized carbons (Fsp3) is 0.182. The Balaban J connectivity index is 2.89. The van der Waals surface area contributed by atoms with Gasteiger partial charge in [0.2, 0.25) is 0 Å². The SMILES string of the molecule is Cc1cc(Cl)c2cc(C)c(Cl)cc2n1. The van der Waals surface area contributed by atoms with Crippen molar-refractivity contribution in [3.63, 3.8) is 0 Å². The number of rotatable bonds is 0. The molecule has 0 spiro atoms. The van der Waals surface area contributed by atoms with Crippen molar-refractivity contribution >= 4 is 34.1 Å². The van der Waals surface area contributed by atoms with Crippen LogP contribution in [0.3, 0.4) is 0 Å². The van der Waals surface area contributed by atoms with Gasteiger partial charge in [-0.2, -0.15) is 0 Å². The van der Waals surface area contributed by atoms with Gasteiger partial charge < -0.3 is 0 Å². The lowest BCUT2D eigenvalue weighted by Crippen LogP contribution is -1.86. The lowest BCUT2D eigenvalue weighted by molar-refractivity contribution is 1.25. The monoisotopic (exact) mass is 225 g/mol. The standard InChI is InChI=1S/C11H9Cl2N/c1-6-3-8-10(13)4-7(2)14-11(8)5-9(6)12/h3-5H,1-2H3. The average molecular weight is 226 g/mol. The first-order valence-electron chi connectivity index (χ1n) is 4.31. The third kappa shape index (κ3) is 1.58. The predicted octanol–water partition coefficient (Wildman–Crippen LogP) is 4.16. The fourth-order valence-corrected chi connectivity index (χ4v) is 1.91. The molecule has 0 radical (unpaired) electrons. The van der Waals surface area contributed by atoms with E-state index in [-0.39, 0.29) is 0 Å². The van der Waals surface area contributed by atoms with Crippen molar-refractivity contribution in [3.05, 3.63) is 39.5 Å². The lowest BCUT2D eigenvalue weighted by Gasteiger charge is -2.04. The molecule has 1 aromatic carbocycles. The molecule has 72 valence electrons. The van der Waals surface area contributed by atoms with E-state index in [0.29, 0.717) is 0 Å². The number of benzene rings is 1. The summed E-state index contributed by atoms with van der Waals surface area (Å²) >= 11 is 12.1. The van der Waals surface area contributed by atoms with Gasteiger partial charge in [0.05, 0.1) is 10.5 Å². The minimum Gasteiger partial charge on any atom is -0.253 e. The van der Waals surface area contributed by atoms with E-state index in [9.17, 15) is 0 Å². The molecule has 14 heavy (non-hydrogen) atoms. The van der Waals surface area contributed by atoms with Crippen LogP contribution in [0, 0.1) is 13.8 Å². The highest BCUT2D eigenvalue weighted by Crippen LogP contribution is 2.27. The van der Waals surface area contributed by atoms with Crippen molar-refractivity contribution in [3.8, 4) is 0 Å². The van der Waals surface area contributed by atoms with Gasteiger partial charge >= 0.3 is 0 Å². The zero-order chi connectivity index (χ0) is 10.3. The molecular formula is C11H9Cl2N. The van der Waals surface area contributed by atoms with Gasteiger partial charge in [-0.05, 0) is 37.6 Å². The van der Waals surface area contributed by atoms with Crippen LogP contribution in [0.5, 0.6) is 0 Å². The number of nitrogens with zero attached hydrogens (tertiary/aromatic N) is 1. The summed E-state index contributed by atoms with van der Waals surface area (Å²) in [5.41, 5.74) is 2.78. The molecule has 0 atom stereocenters. The Bertz CT molecular complexity index is 506. The van der Waals surface area contributed by atoms with Gasteiger partial charge in [0.25, 0.3) is 0 Å². The van der Waals surface area contributed by atoms with Gasteiger partial charge in [-0.15, -0.1) is 0 Å². The topological polar surface area (TPSA) is 12.9 Å². The smallest absolute Gasteiger partial charge is 0.0735 e. The van der Waals surface area contributed by atoms with E-state index in [0.717, 1.165) is 32.2 Å². The summed E-state index contributed by atoms with van der Waals surface area (Å²) in [6.07, 6.45) is 0. The van der Waals surface area contributed by atoms with Gasteiger partial charge in [-0.1, -0.05) is 23.2 Å². The van der Waals surface area contributed by atoms with Gasteiger partial charge in [0.1, 0.15) is 0 Å². The summed E-state index contributed by atoms with van der Waals surface area (Å²) in [4.78, 5) is 4.37. The Labute approximate surface area is 92.7 Å². The normalized spacial score (nSPS) is 10.9. The Hall–Kier alpha value is -0.790. The highest BCUT2D eigenvalue weighted by Gasteiger charge is 2.04. The van der Waals surface area contributed by atoms with Crippen LogP contribution < -0.4 is 0 Å². The minimum atomic E-state index is 0.728. The van der Waals surface area contributed by atoms with Crippen molar-refractivity contribution in [2.24, 2.45) is 0 Å². The van der Waals surface area contributed by atoms with Gasteiger partial charge in [-0.25, -0.2) is 0 Å². The first-order chi connectivity index (χ1) is 6.58. The Morgan fingerprint density at radius 2 is 1.71 bits per heavy atom. The summed E-state index contributed by atoms with van der Waals surface area (Å²) in [6.45, 7) is 3.87. The summed E-state index contributed by atoms with van der Waals surface area (Å²) in [5, 5.41) is 2.41. The number of hydrogen-bond donors (Lipinski definition) is 0. The van der Waals surface area contributed by atoms with E-state index in [1.807, 2.05) is 32.0 Å². The van der Waals surface area contributed by atoms with Crippen LogP contribution in [0.25, 0.3) is 10.9 Å². The maximum Gasteiger partial charge on any atom is 0.0735 e. The van der Waals surface area contributed by atoms with Gasteiger partial charge in [0, 0.05) is 16.1 Å². The molecule has 3 heteroatoms. The van der Waals surface area contributed by atoms with Crippen LogP contribution >= 0.6 is 23.2 Å². The van der Waals surface area contributed by atoms with E-state index >= 15 is 0 Å². The van der Waals surface area contributed by atoms with Crippen molar-refractivity contribution in [1.82, 2.24) is 4.98 Å². The van der Waals surface area contributed by atoms with E-state index in [1.165, 1.54) is 0 Å². The molecule has 0 bridgehead atoms. The van der Waals surface area contributed by atoms with Gasteiger partial charge in [0.15, 0.2) is 0 Å². The summed E-state index contributed by atoms with van der Waals surface area (Å²) in [5.74, 6) is 0. The molecule has 2 rings (SSSR count). The molecule has 0 N–H and O–H groups in total. The first kappa shape index (κ1) is 9.75. The highest BCUT2D eigenvalue weighted by atomic mass is 35.5. The average Bonchev–Trinajstić information content (AvgIpc) is 2.08. The lowest BCUT2D eigenvalue weighted by atomic mass is 10.1. The minimum absolute atomic E-state index is 0.728. The molecule has 1 nitrogen and oxygen atoms in total. The van der Waals surface area contributed by atoms with Crippen LogP contribution in [0.15, 0.2) is 18.2 Å². The second-order valence-electron chi connectivity index (χ2n) is 3.36. The molecule has 1 aromatic heterocycles. The zero-order valence-corrected chi connectivity index (χ0v) is 9.45. The summed E-state index contributed by atoms with van der Waals surface area (Å²) < 4.78 is 0. The zero-order valence-electron chi connectivity index (χ0n) is 7.94. The highest BCUT2D eigenvalue weighted by molar-refractivity contribution is 6.36. The number of pyridine rings is 1. The fourth-order valence-electron chi connectivity index (χ4n) is 1.44. The van der Waals surface area contributed by atoms with Crippen LogP contribution in [0.4, 0.5) is 0 Å². The molecule has 0 fully saturated rings. The van der Waals surface area contributed by atoms with Crippen LogP contribution in [0.2, 0.25) is 10.0 Å². The number of aromatic nitrogens is 1. The molecule has 0 aliphatic rings. The van der Waals surface area contributed by atoms with E-state index in [2.05, 4.69) is 4.98 Å². The molecular weight excluding hydrogens is 217 g/mol. The third-order valence-electron chi connectivity index (χ3n) is 2.17. The quantitative estimate of drug-likeness (QED) is 0.657. The largest absolute Gasteiger partial charge is 0.253 e. The summed E-state index contributed by atoms with van der Waals surface area (Å²) in [7, 11) is 0. The third-order valence-corrected chi connectivity index (χ3v) is 2.89. The van der Waals surface area contributed by atoms with E-state index in [1.54, 1.807) is 0 Å². The van der Waals surface area contributed by atoms with Crippen molar-refractivity contribution in [1.29, 1.82) is 0 Å². The molecule has 0 saturated carbocycles. The maximum atomic E-state index is 6.10. The predicted molar refractivity (Wildman–Crippen MR) is 61.2 cm³/mol. The molecule has 0 unspecified atom stereocenters. The number of aryl methyl sites for hydroxylation is 2. The van der Waals surface area contributed by atoms with Crippen molar-refractivity contribution < 1.29 is 0 Å². The number of fused-ring (bicyclic) bond motifs is 1. The Morgan fingerprint density at radius 3 is 2.43 bits per heavy atom. The number of halogens is 2. The first-order valence-corrected chi connectivity index (χ1v) is 5.06. The van der Waals surface area contributed by atoms with E-state index < -0.39 is 0 Å².